The molecule has 2 rings (SSSR count). The Morgan fingerprint density at radius 1 is 0.739 bits per heavy atom. The largest absolute Gasteiger partial charge is 0.432 e. The van der Waals surface area contributed by atoms with Crippen LogP contribution in [0.1, 0.15) is 5.56 Å². The van der Waals surface area contributed by atoms with Crippen LogP contribution in [-0.2, 0) is 6.11 Å². The second kappa shape index (κ2) is 5.99. The number of alkyl halides is 2. The van der Waals surface area contributed by atoms with Crippen LogP contribution in [-0.4, -0.2) is 0 Å². The van der Waals surface area contributed by atoms with Crippen LogP contribution in [0.2, 0.25) is 0 Å². The molecule has 0 atom stereocenters. The van der Waals surface area contributed by atoms with Gasteiger partial charge in [-0.05, 0) is 22.0 Å². The highest BCUT2D eigenvalue weighted by molar-refractivity contribution is 9.10. The summed E-state index contributed by atoms with van der Waals surface area (Å²) in [6.07, 6.45) is -4.83. The van der Waals surface area contributed by atoms with E-state index in [4.69, 9.17) is 0 Å². The number of halogens is 9. The molecule has 1 nitrogen and oxygen atoms in total. The summed E-state index contributed by atoms with van der Waals surface area (Å²) in [7, 11) is 0. The second-order valence-electron chi connectivity index (χ2n) is 4.16. The highest BCUT2D eigenvalue weighted by Crippen LogP contribution is 2.38. The molecule has 23 heavy (non-hydrogen) atoms. The van der Waals surface area contributed by atoms with Crippen molar-refractivity contribution in [3.05, 3.63) is 63.1 Å². The minimum Gasteiger partial charge on any atom is -0.429 e. The summed E-state index contributed by atoms with van der Waals surface area (Å²) >= 11 is 2.41. The fourth-order valence-corrected chi connectivity index (χ4v) is 2.00. The molecular weight excluding hydrogens is 404 g/mol. The van der Waals surface area contributed by atoms with Gasteiger partial charge in [-0.2, -0.15) is 8.78 Å². The van der Waals surface area contributed by atoms with Crippen LogP contribution < -0.4 is 4.74 Å². The Morgan fingerprint density at radius 2 is 1.26 bits per heavy atom. The summed E-state index contributed by atoms with van der Waals surface area (Å²) in [4.78, 5) is 0. The fourth-order valence-electron chi connectivity index (χ4n) is 1.62. The van der Waals surface area contributed by atoms with Crippen molar-refractivity contribution in [2.24, 2.45) is 0 Å². The lowest BCUT2D eigenvalue weighted by atomic mass is 10.1. The lowest BCUT2D eigenvalue weighted by Gasteiger charge is -2.20. The number of hydrogen-bond acceptors (Lipinski definition) is 1. The normalized spacial score (nSPS) is 11.7. The van der Waals surface area contributed by atoms with Crippen LogP contribution in [0, 0.1) is 34.9 Å². The van der Waals surface area contributed by atoms with Gasteiger partial charge in [-0.25, -0.2) is 26.3 Å². The van der Waals surface area contributed by atoms with E-state index in [1.807, 2.05) is 0 Å². The first-order chi connectivity index (χ1) is 10.5. The third-order valence-corrected chi connectivity index (χ3v) is 3.19. The van der Waals surface area contributed by atoms with E-state index in [0.29, 0.717) is 0 Å². The molecule has 124 valence electrons. The van der Waals surface area contributed by atoms with Gasteiger partial charge >= 0.3 is 6.11 Å². The minimum atomic E-state index is -4.83. The Labute approximate surface area is 131 Å². The van der Waals surface area contributed by atoms with Crippen LogP contribution in [0.5, 0.6) is 5.75 Å². The van der Waals surface area contributed by atoms with E-state index < -0.39 is 56.8 Å². The Balaban J connectivity index is 2.50. The summed E-state index contributed by atoms with van der Waals surface area (Å²) in [5.74, 6) is -12.9. The Kier molecular flexibility index (Phi) is 4.56. The molecule has 0 unspecified atom stereocenters. The molecule has 0 aliphatic heterocycles. The van der Waals surface area contributed by atoms with Crippen molar-refractivity contribution >= 4 is 15.9 Å². The molecule has 0 amide bonds. The number of hydrogen-bond donors (Lipinski definition) is 0. The minimum absolute atomic E-state index is 0.0390. The molecule has 10 heteroatoms. The monoisotopic (exact) mass is 406 g/mol. The zero-order chi connectivity index (χ0) is 17.5. The van der Waals surface area contributed by atoms with Crippen molar-refractivity contribution in [3.8, 4) is 5.75 Å². The molecule has 0 aliphatic rings. The van der Waals surface area contributed by atoms with E-state index >= 15 is 0 Å². The Morgan fingerprint density at radius 3 is 1.78 bits per heavy atom. The van der Waals surface area contributed by atoms with Crippen LogP contribution in [0.15, 0.2) is 22.7 Å². The van der Waals surface area contributed by atoms with Crippen LogP contribution >= 0.6 is 15.9 Å². The summed E-state index contributed by atoms with van der Waals surface area (Å²) in [6.45, 7) is 0. The molecule has 0 fully saturated rings. The highest BCUT2D eigenvalue weighted by atomic mass is 79.9. The van der Waals surface area contributed by atoms with E-state index in [-0.39, 0.29) is 18.2 Å². The summed E-state index contributed by atoms with van der Waals surface area (Å²) in [6, 6.07) is 0.297. The first-order valence-electron chi connectivity index (χ1n) is 5.59. The fraction of sp³-hybridized carbons (Fsp3) is 0.0769. The number of benzene rings is 2. The molecule has 0 bridgehead atoms. The molecule has 0 aliphatic carbocycles. The highest BCUT2D eigenvalue weighted by Gasteiger charge is 2.43. The van der Waals surface area contributed by atoms with E-state index in [1.165, 1.54) is 0 Å². The predicted octanol–water partition coefficient (Wildman–Crippen LogP) is 5.41. The maximum absolute atomic E-state index is 13.8. The van der Waals surface area contributed by atoms with Crippen LogP contribution in [0.4, 0.5) is 35.1 Å². The number of ether oxygens (including phenoxy) is 1. The van der Waals surface area contributed by atoms with Gasteiger partial charge in [-0.3, -0.25) is 0 Å². The standard InChI is InChI=1S/C13H3BrF8O/c14-5-3-6(15)9(12(20)10(5)18)13(21,22)23-4-1-7(16)11(19)8(17)2-4/h1-3H. The van der Waals surface area contributed by atoms with Crippen LogP contribution in [0.25, 0.3) is 0 Å². The lowest BCUT2D eigenvalue weighted by molar-refractivity contribution is -0.190. The van der Waals surface area contributed by atoms with E-state index in [0.717, 1.165) is 0 Å². The van der Waals surface area contributed by atoms with Crippen molar-refractivity contribution in [2.75, 3.05) is 0 Å². The van der Waals surface area contributed by atoms with Gasteiger partial charge in [0, 0.05) is 12.1 Å². The van der Waals surface area contributed by atoms with Crippen molar-refractivity contribution in [3.63, 3.8) is 0 Å². The molecular formula is C13H3BrF8O. The average Bonchev–Trinajstić information content (AvgIpc) is 2.41. The van der Waals surface area contributed by atoms with Gasteiger partial charge in [0.15, 0.2) is 29.1 Å². The van der Waals surface area contributed by atoms with E-state index in [1.54, 1.807) is 0 Å². The Bertz CT molecular complexity index is 754. The maximum Gasteiger partial charge on any atom is 0.432 e. The van der Waals surface area contributed by atoms with Crippen molar-refractivity contribution in [1.82, 2.24) is 0 Å². The van der Waals surface area contributed by atoms with Gasteiger partial charge in [0.1, 0.15) is 17.1 Å². The van der Waals surface area contributed by atoms with Gasteiger partial charge in [0.25, 0.3) is 0 Å². The van der Waals surface area contributed by atoms with E-state index in [2.05, 4.69) is 20.7 Å². The Hall–Kier alpha value is -1.84. The third-order valence-electron chi connectivity index (χ3n) is 2.61. The summed E-state index contributed by atoms with van der Waals surface area (Å²) < 4.78 is 110. The van der Waals surface area contributed by atoms with Gasteiger partial charge in [-0.1, -0.05) is 0 Å². The van der Waals surface area contributed by atoms with Gasteiger partial charge < -0.3 is 4.74 Å². The van der Waals surface area contributed by atoms with Crippen molar-refractivity contribution in [1.29, 1.82) is 0 Å². The topological polar surface area (TPSA) is 9.23 Å². The number of rotatable bonds is 3. The third kappa shape index (κ3) is 3.26. The van der Waals surface area contributed by atoms with Gasteiger partial charge in [0.05, 0.1) is 4.47 Å². The van der Waals surface area contributed by atoms with Crippen molar-refractivity contribution in [2.45, 2.75) is 6.11 Å². The second-order valence-corrected chi connectivity index (χ2v) is 5.02. The lowest BCUT2D eigenvalue weighted by Crippen LogP contribution is -2.26. The smallest absolute Gasteiger partial charge is 0.429 e. The maximum atomic E-state index is 13.8. The van der Waals surface area contributed by atoms with Gasteiger partial charge in [-0.15, -0.1) is 0 Å². The van der Waals surface area contributed by atoms with Crippen LogP contribution in [0.3, 0.4) is 0 Å². The van der Waals surface area contributed by atoms with Gasteiger partial charge in [0.2, 0.25) is 0 Å². The molecule has 0 saturated carbocycles. The first-order valence-corrected chi connectivity index (χ1v) is 6.38. The van der Waals surface area contributed by atoms with E-state index in [9.17, 15) is 35.1 Å². The molecule has 0 spiro atoms. The molecule has 0 saturated heterocycles. The van der Waals surface area contributed by atoms with Crippen molar-refractivity contribution < 1.29 is 39.9 Å². The molecule has 2 aromatic carbocycles. The first kappa shape index (κ1) is 17.5. The molecule has 0 aromatic heterocycles. The zero-order valence-corrected chi connectivity index (χ0v) is 12.1. The predicted molar refractivity (Wildman–Crippen MR) is 64.9 cm³/mol. The molecule has 0 heterocycles. The average molecular weight is 407 g/mol. The molecule has 0 radical (unpaired) electrons. The summed E-state index contributed by atoms with van der Waals surface area (Å²) in [5.41, 5.74) is -2.11. The quantitative estimate of drug-likeness (QED) is 0.376. The SMILES string of the molecule is Fc1cc(OC(F)(F)c2c(F)cc(Br)c(F)c2F)cc(F)c1F. The molecule has 2 aromatic rings. The zero-order valence-electron chi connectivity index (χ0n) is 10.5. The summed E-state index contributed by atoms with van der Waals surface area (Å²) in [5, 5.41) is 0. The molecule has 0 N–H and O–H groups in total.